The Morgan fingerprint density at radius 1 is 1.41 bits per heavy atom. The van der Waals surface area contributed by atoms with Crippen LogP contribution in [-0.2, 0) is 24.7 Å². The van der Waals surface area contributed by atoms with Crippen molar-refractivity contribution in [1.82, 2.24) is 25.5 Å². The van der Waals surface area contributed by atoms with Crippen molar-refractivity contribution in [2.24, 2.45) is 7.05 Å². The summed E-state index contributed by atoms with van der Waals surface area (Å²) in [6.45, 7) is 0. The van der Waals surface area contributed by atoms with Gasteiger partial charge in [0.15, 0.2) is 0 Å². The highest BCUT2D eigenvalue weighted by Crippen LogP contribution is 2.21. The summed E-state index contributed by atoms with van der Waals surface area (Å²) in [7, 11) is 1.79. The summed E-state index contributed by atoms with van der Waals surface area (Å²) < 4.78 is 1.61. The number of rotatable bonds is 5. The molecule has 6 nitrogen and oxygen atoms in total. The average molecular weight is 317 g/mol. The van der Waals surface area contributed by atoms with Gasteiger partial charge >= 0.3 is 0 Å². The Hall–Kier alpha value is -1.89. The van der Waals surface area contributed by atoms with Crippen LogP contribution in [0.1, 0.15) is 24.0 Å². The Labute approximate surface area is 133 Å². The molecule has 1 aliphatic carbocycles. The van der Waals surface area contributed by atoms with E-state index in [1.807, 2.05) is 0 Å². The lowest BCUT2D eigenvalue weighted by atomic mass is 9.88. The molecule has 1 aromatic heterocycles. The summed E-state index contributed by atoms with van der Waals surface area (Å²) in [4.78, 5) is 12.1. The second kappa shape index (κ2) is 6.91. The summed E-state index contributed by atoms with van der Waals surface area (Å²) in [5, 5.41) is 15.1. The third kappa shape index (κ3) is 3.65. The van der Waals surface area contributed by atoms with Gasteiger partial charge in [-0.05, 0) is 40.8 Å². The topological polar surface area (TPSA) is 72.7 Å². The molecular formula is C15H19N5OS. The minimum atomic E-state index is 0.104. The maximum Gasteiger partial charge on any atom is 0.221 e. The van der Waals surface area contributed by atoms with E-state index in [1.165, 1.54) is 22.9 Å². The van der Waals surface area contributed by atoms with Crippen LogP contribution in [0, 0.1) is 0 Å². The normalized spacial score (nSPS) is 17.0. The molecule has 116 valence electrons. The van der Waals surface area contributed by atoms with E-state index in [1.54, 1.807) is 11.7 Å². The fourth-order valence-electron chi connectivity index (χ4n) is 2.70. The van der Waals surface area contributed by atoms with E-state index in [-0.39, 0.29) is 11.9 Å². The van der Waals surface area contributed by atoms with Gasteiger partial charge in [-0.2, -0.15) is 0 Å². The molecule has 0 radical (unpaired) electrons. The number of carbonyl (C=O) groups is 1. The fraction of sp³-hybridized carbons (Fsp3) is 0.467. The minimum absolute atomic E-state index is 0.104. The predicted octanol–water partition coefficient (Wildman–Crippen LogP) is 1.37. The van der Waals surface area contributed by atoms with E-state index in [2.05, 4.69) is 45.1 Å². The van der Waals surface area contributed by atoms with Gasteiger partial charge in [0.2, 0.25) is 11.1 Å². The van der Waals surface area contributed by atoms with Crippen LogP contribution in [0.25, 0.3) is 0 Å². The monoisotopic (exact) mass is 317 g/mol. The number of aromatic nitrogens is 4. The molecule has 0 bridgehead atoms. The molecule has 0 aliphatic heterocycles. The van der Waals surface area contributed by atoms with Crippen molar-refractivity contribution in [3.63, 3.8) is 0 Å². The molecular weight excluding hydrogens is 298 g/mol. The maximum atomic E-state index is 12.1. The van der Waals surface area contributed by atoms with Crippen molar-refractivity contribution >= 4 is 17.7 Å². The van der Waals surface area contributed by atoms with Crippen LogP contribution < -0.4 is 5.32 Å². The molecule has 22 heavy (non-hydrogen) atoms. The van der Waals surface area contributed by atoms with Gasteiger partial charge in [-0.1, -0.05) is 36.0 Å². The molecule has 1 aliphatic rings. The molecule has 7 heteroatoms. The maximum absolute atomic E-state index is 12.1. The van der Waals surface area contributed by atoms with E-state index in [0.717, 1.165) is 24.4 Å². The van der Waals surface area contributed by atoms with Gasteiger partial charge in [0.25, 0.3) is 0 Å². The number of hydrogen-bond donors (Lipinski definition) is 1. The van der Waals surface area contributed by atoms with Crippen molar-refractivity contribution in [1.29, 1.82) is 0 Å². The largest absolute Gasteiger partial charge is 0.353 e. The molecule has 0 saturated carbocycles. The highest BCUT2D eigenvalue weighted by Gasteiger charge is 2.19. The first-order chi connectivity index (χ1) is 10.7. The summed E-state index contributed by atoms with van der Waals surface area (Å²) in [6, 6.07) is 8.73. The second-order valence-corrected chi connectivity index (χ2v) is 6.52. The summed E-state index contributed by atoms with van der Waals surface area (Å²) in [6.07, 6.45) is 3.47. The van der Waals surface area contributed by atoms with Gasteiger partial charge in [0.05, 0.1) is 0 Å². The third-order valence-electron chi connectivity index (χ3n) is 3.85. The van der Waals surface area contributed by atoms with Crippen molar-refractivity contribution in [2.45, 2.75) is 36.9 Å². The van der Waals surface area contributed by atoms with Crippen molar-refractivity contribution in [3.8, 4) is 0 Å². The van der Waals surface area contributed by atoms with Crippen LogP contribution in [-0.4, -0.2) is 37.9 Å². The number of tetrazole rings is 1. The van der Waals surface area contributed by atoms with Crippen LogP contribution in [0.2, 0.25) is 0 Å². The number of fused-ring (bicyclic) bond motifs is 1. The molecule has 0 saturated heterocycles. The van der Waals surface area contributed by atoms with E-state index < -0.39 is 0 Å². The summed E-state index contributed by atoms with van der Waals surface area (Å²) in [5.74, 6) is 0.788. The molecule has 2 aromatic rings. The Balaban J connectivity index is 1.44. The number of aryl methyl sites for hydroxylation is 2. The van der Waals surface area contributed by atoms with Crippen LogP contribution in [0.15, 0.2) is 29.4 Å². The Bertz CT molecular complexity index is 657. The number of carbonyl (C=O) groups excluding carboxylic acids is 1. The van der Waals surface area contributed by atoms with Crippen LogP contribution in [0.4, 0.5) is 0 Å². The first kappa shape index (κ1) is 15.0. The second-order valence-electron chi connectivity index (χ2n) is 5.46. The van der Waals surface area contributed by atoms with E-state index in [0.29, 0.717) is 12.2 Å². The standard InChI is InChI=1S/C15H19N5OS/c1-20-15(17-18-19-20)22-9-8-14(21)16-13-7-6-11-4-2-3-5-12(11)10-13/h2-5,13H,6-10H2,1H3,(H,16,21)/t13-/m0/s1. The molecule has 1 amide bonds. The molecule has 1 heterocycles. The first-order valence-electron chi connectivity index (χ1n) is 7.43. The van der Waals surface area contributed by atoms with Crippen molar-refractivity contribution in [3.05, 3.63) is 35.4 Å². The number of hydrogen-bond acceptors (Lipinski definition) is 5. The zero-order valence-electron chi connectivity index (χ0n) is 12.5. The van der Waals surface area contributed by atoms with Gasteiger partial charge in [-0.15, -0.1) is 5.10 Å². The van der Waals surface area contributed by atoms with Gasteiger partial charge in [0, 0.05) is 25.3 Å². The molecule has 1 atom stereocenters. The summed E-state index contributed by atoms with van der Waals surface area (Å²) in [5.41, 5.74) is 2.77. The zero-order chi connectivity index (χ0) is 15.4. The number of amides is 1. The Morgan fingerprint density at radius 3 is 3.00 bits per heavy atom. The first-order valence-corrected chi connectivity index (χ1v) is 8.42. The molecule has 1 aromatic carbocycles. The number of nitrogens with one attached hydrogen (secondary N) is 1. The lowest BCUT2D eigenvalue weighted by Gasteiger charge is -2.25. The number of benzene rings is 1. The lowest BCUT2D eigenvalue weighted by Crippen LogP contribution is -2.38. The van der Waals surface area contributed by atoms with Crippen molar-refractivity contribution < 1.29 is 4.79 Å². The number of thioether (sulfide) groups is 1. The van der Waals surface area contributed by atoms with Gasteiger partial charge < -0.3 is 5.32 Å². The van der Waals surface area contributed by atoms with E-state index in [9.17, 15) is 4.79 Å². The highest BCUT2D eigenvalue weighted by molar-refractivity contribution is 7.99. The van der Waals surface area contributed by atoms with E-state index >= 15 is 0 Å². The third-order valence-corrected chi connectivity index (χ3v) is 4.87. The molecule has 1 N–H and O–H groups in total. The smallest absolute Gasteiger partial charge is 0.221 e. The Kier molecular flexibility index (Phi) is 4.72. The van der Waals surface area contributed by atoms with Crippen LogP contribution in [0.5, 0.6) is 0 Å². The van der Waals surface area contributed by atoms with E-state index in [4.69, 9.17) is 0 Å². The zero-order valence-corrected chi connectivity index (χ0v) is 13.3. The quantitative estimate of drug-likeness (QED) is 0.843. The minimum Gasteiger partial charge on any atom is -0.353 e. The Morgan fingerprint density at radius 2 is 2.23 bits per heavy atom. The number of nitrogens with zero attached hydrogens (tertiary/aromatic N) is 4. The SMILES string of the molecule is Cn1nnnc1SCCC(=O)N[C@H]1CCc2ccccc2C1. The van der Waals surface area contributed by atoms with Gasteiger partial charge in [-0.25, -0.2) is 4.68 Å². The van der Waals surface area contributed by atoms with Gasteiger partial charge in [-0.3, -0.25) is 4.79 Å². The predicted molar refractivity (Wildman–Crippen MR) is 84.5 cm³/mol. The van der Waals surface area contributed by atoms with Gasteiger partial charge in [0.1, 0.15) is 0 Å². The molecule has 0 fully saturated rings. The fourth-order valence-corrected chi connectivity index (χ4v) is 3.49. The lowest BCUT2D eigenvalue weighted by molar-refractivity contribution is -0.121. The molecule has 0 unspecified atom stereocenters. The average Bonchev–Trinajstić information content (AvgIpc) is 2.92. The van der Waals surface area contributed by atoms with Crippen LogP contribution >= 0.6 is 11.8 Å². The van der Waals surface area contributed by atoms with Crippen molar-refractivity contribution in [2.75, 3.05) is 5.75 Å². The highest BCUT2D eigenvalue weighted by atomic mass is 32.2. The molecule has 0 spiro atoms. The summed E-state index contributed by atoms with van der Waals surface area (Å²) >= 11 is 1.50. The molecule has 3 rings (SSSR count). The van der Waals surface area contributed by atoms with Crippen LogP contribution in [0.3, 0.4) is 0 Å².